The molecule has 3 heterocycles. The van der Waals surface area contributed by atoms with Crippen LogP contribution in [0.4, 0.5) is 0 Å². The lowest BCUT2D eigenvalue weighted by Crippen LogP contribution is -2.53. The second-order valence-electron chi connectivity index (χ2n) is 8.38. The SMILES string of the molecule is CSCC[C@H](NC(=O)C1Cc2ccccc2CN1C(=O)c1ccco1)c1nc2ccccc2[nH]1. The summed E-state index contributed by atoms with van der Waals surface area (Å²) in [7, 11) is 0. The zero-order valence-corrected chi connectivity index (χ0v) is 19.7. The van der Waals surface area contributed by atoms with Gasteiger partial charge in [0.1, 0.15) is 11.9 Å². The molecule has 174 valence electrons. The molecule has 0 fully saturated rings. The van der Waals surface area contributed by atoms with Crippen molar-refractivity contribution < 1.29 is 14.0 Å². The third-order valence-corrected chi connectivity index (χ3v) is 6.85. The monoisotopic (exact) mass is 474 g/mol. The van der Waals surface area contributed by atoms with Crippen LogP contribution in [-0.4, -0.2) is 44.7 Å². The summed E-state index contributed by atoms with van der Waals surface area (Å²) < 4.78 is 5.36. The summed E-state index contributed by atoms with van der Waals surface area (Å²) in [6.45, 7) is 0.355. The minimum absolute atomic E-state index is 0.194. The van der Waals surface area contributed by atoms with Crippen LogP contribution in [0, 0.1) is 0 Å². The van der Waals surface area contributed by atoms with Crippen LogP contribution >= 0.6 is 11.8 Å². The smallest absolute Gasteiger partial charge is 0.290 e. The van der Waals surface area contributed by atoms with E-state index in [0.717, 1.165) is 40.2 Å². The van der Waals surface area contributed by atoms with Crippen LogP contribution in [0.25, 0.3) is 11.0 Å². The molecule has 8 heteroatoms. The van der Waals surface area contributed by atoms with Crippen molar-refractivity contribution in [1.29, 1.82) is 0 Å². The Bertz CT molecular complexity index is 1270. The summed E-state index contributed by atoms with van der Waals surface area (Å²) in [5.74, 6) is 1.34. The molecule has 5 rings (SSSR count). The van der Waals surface area contributed by atoms with E-state index < -0.39 is 6.04 Å². The Morgan fingerprint density at radius 1 is 1.15 bits per heavy atom. The molecule has 0 saturated carbocycles. The first-order chi connectivity index (χ1) is 16.6. The van der Waals surface area contributed by atoms with Gasteiger partial charge in [0.2, 0.25) is 5.91 Å². The molecule has 2 atom stereocenters. The number of benzene rings is 2. The molecular formula is C26H26N4O3S. The highest BCUT2D eigenvalue weighted by atomic mass is 32.2. The molecule has 2 N–H and O–H groups in total. The van der Waals surface area contributed by atoms with Crippen molar-refractivity contribution in [1.82, 2.24) is 20.2 Å². The van der Waals surface area contributed by atoms with Crippen LogP contribution in [0.3, 0.4) is 0 Å². The number of hydrogen-bond acceptors (Lipinski definition) is 5. The molecule has 0 saturated heterocycles. The van der Waals surface area contributed by atoms with E-state index in [1.54, 1.807) is 28.8 Å². The number of carbonyl (C=O) groups is 2. The predicted molar refractivity (Wildman–Crippen MR) is 132 cm³/mol. The average Bonchev–Trinajstić information content (AvgIpc) is 3.55. The van der Waals surface area contributed by atoms with Gasteiger partial charge in [-0.05, 0) is 53.8 Å². The largest absolute Gasteiger partial charge is 0.459 e. The van der Waals surface area contributed by atoms with Gasteiger partial charge in [-0.3, -0.25) is 9.59 Å². The second-order valence-corrected chi connectivity index (χ2v) is 9.37. The van der Waals surface area contributed by atoms with Gasteiger partial charge >= 0.3 is 0 Å². The van der Waals surface area contributed by atoms with E-state index in [2.05, 4.69) is 10.3 Å². The number of carbonyl (C=O) groups excluding carboxylic acids is 2. The molecule has 2 aromatic carbocycles. The summed E-state index contributed by atoms with van der Waals surface area (Å²) in [4.78, 5) is 36.6. The van der Waals surface area contributed by atoms with Crippen molar-refractivity contribution in [3.8, 4) is 0 Å². The van der Waals surface area contributed by atoms with Gasteiger partial charge in [-0.2, -0.15) is 11.8 Å². The maximum Gasteiger partial charge on any atom is 0.290 e. The summed E-state index contributed by atoms with van der Waals surface area (Å²) in [6.07, 6.45) is 4.69. The number of H-pyrrole nitrogens is 1. The van der Waals surface area contributed by atoms with Crippen LogP contribution in [0.2, 0.25) is 0 Å². The van der Waals surface area contributed by atoms with Gasteiger partial charge in [-0.25, -0.2) is 4.98 Å². The van der Waals surface area contributed by atoms with Gasteiger partial charge < -0.3 is 19.6 Å². The number of amides is 2. The number of nitrogens with one attached hydrogen (secondary N) is 2. The van der Waals surface area contributed by atoms with Gasteiger partial charge in [-0.1, -0.05) is 36.4 Å². The summed E-state index contributed by atoms with van der Waals surface area (Å²) in [5, 5.41) is 3.19. The van der Waals surface area contributed by atoms with E-state index in [0.29, 0.717) is 13.0 Å². The standard InChI is InChI=1S/C26H26N4O3S/c1-34-14-12-21(24-27-19-9-4-5-10-20(19)28-24)29-25(31)22-15-17-7-2-3-8-18(17)16-30(22)26(32)23-11-6-13-33-23/h2-11,13,21-22H,12,14-16H2,1H3,(H,27,28)(H,29,31)/t21-,22?/m0/s1. The Morgan fingerprint density at radius 2 is 1.94 bits per heavy atom. The van der Waals surface area contributed by atoms with Gasteiger partial charge in [0.15, 0.2) is 5.76 Å². The predicted octanol–water partition coefficient (Wildman–Crippen LogP) is 4.33. The highest BCUT2D eigenvalue weighted by Crippen LogP contribution is 2.27. The summed E-state index contributed by atoms with van der Waals surface area (Å²) in [6, 6.07) is 18.1. The van der Waals surface area contributed by atoms with Gasteiger partial charge in [0.25, 0.3) is 5.91 Å². The first-order valence-corrected chi connectivity index (χ1v) is 12.7. The fourth-order valence-corrected chi connectivity index (χ4v) is 4.90. The lowest BCUT2D eigenvalue weighted by atomic mass is 9.93. The molecule has 1 aliphatic heterocycles. The second kappa shape index (κ2) is 9.77. The first-order valence-electron chi connectivity index (χ1n) is 11.3. The quantitative estimate of drug-likeness (QED) is 0.416. The maximum atomic E-state index is 13.7. The molecule has 34 heavy (non-hydrogen) atoms. The van der Waals surface area contributed by atoms with Gasteiger partial charge in [-0.15, -0.1) is 0 Å². The molecule has 0 aliphatic carbocycles. The van der Waals surface area contributed by atoms with Crippen molar-refractivity contribution in [3.63, 3.8) is 0 Å². The number of rotatable bonds is 7. The molecule has 4 aromatic rings. The van der Waals surface area contributed by atoms with E-state index in [9.17, 15) is 9.59 Å². The van der Waals surface area contributed by atoms with E-state index in [1.165, 1.54) is 6.26 Å². The number of furan rings is 1. The molecule has 2 aromatic heterocycles. The zero-order valence-electron chi connectivity index (χ0n) is 18.9. The van der Waals surface area contributed by atoms with E-state index in [1.807, 2.05) is 54.8 Å². The number of para-hydroxylation sites is 2. The van der Waals surface area contributed by atoms with Crippen LogP contribution in [0.1, 0.15) is 40.0 Å². The fourth-order valence-electron chi connectivity index (χ4n) is 4.43. The lowest BCUT2D eigenvalue weighted by molar-refractivity contribution is -0.127. The molecule has 2 amide bonds. The minimum Gasteiger partial charge on any atom is -0.459 e. The molecule has 1 aliphatic rings. The number of thioether (sulfide) groups is 1. The lowest BCUT2D eigenvalue weighted by Gasteiger charge is -2.36. The van der Waals surface area contributed by atoms with Crippen molar-refractivity contribution in [3.05, 3.63) is 89.6 Å². The number of nitrogens with zero attached hydrogens (tertiary/aromatic N) is 2. The van der Waals surface area contributed by atoms with E-state index in [-0.39, 0.29) is 23.6 Å². The Kier molecular flexibility index (Phi) is 6.40. The Hall–Kier alpha value is -3.52. The molecule has 0 radical (unpaired) electrons. The highest BCUT2D eigenvalue weighted by molar-refractivity contribution is 7.98. The number of hydrogen-bond donors (Lipinski definition) is 2. The van der Waals surface area contributed by atoms with Gasteiger partial charge in [0, 0.05) is 13.0 Å². The van der Waals surface area contributed by atoms with Crippen LogP contribution in [0.5, 0.6) is 0 Å². The van der Waals surface area contributed by atoms with Crippen molar-refractivity contribution in [2.45, 2.75) is 31.5 Å². The minimum atomic E-state index is -0.645. The molecule has 1 unspecified atom stereocenters. The van der Waals surface area contributed by atoms with Crippen molar-refractivity contribution >= 4 is 34.6 Å². The Balaban J connectivity index is 1.43. The number of imidazole rings is 1. The fraction of sp³-hybridized carbons (Fsp3) is 0.269. The van der Waals surface area contributed by atoms with Crippen LogP contribution in [-0.2, 0) is 17.8 Å². The summed E-state index contributed by atoms with van der Waals surface area (Å²) >= 11 is 1.72. The van der Waals surface area contributed by atoms with Crippen molar-refractivity contribution in [2.24, 2.45) is 0 Å². The third-order valence-electron chi connectivity index (χ3n) is 6.21. The van der Waals surface area contributed by atoms with E-state index in [4.69, 9.17) is 9.40 Å². The van der Waals surface area contributed by atoms with E-state index >= 15 is 0 Å². The number of aromatic nitrogens is 2. The number of aromatic amines is 1. The zero-order chi connectivity index (χ0) is 23.5. The molecule has 7 nitrogen and oxygen atoms in total. The topological polar surface area (TPSA) is 91.2 Å². The van der Waals surface area contributed by atoms with Crippen LogP contribution in [0.15, 0.2) is 71.3 Å². The molecule has 0 bridgehead atoms. The first kappa shape index (κ1) is 22.3. The average molecular weight is 475 g/mol. The number of fused-ring (bicyclic) bond motifs is 2. The van der Waals surface area contributed by atoms with Crippen LogP contribution < -0.4 is 5.32 Å². The Labute approximate surface area is 201 Å². The normalized spacial score (nSPS) is 16.3. The third kappa shape index (κ3) is 4.46. The van der Waals surface area contributed by atoms with Gasteiger partial charge in [0.05, 0.1) is 23.3 Å². The highest BCUT2D eigenvalue weighted by Gasteiger charge is 2.37. The van der Waals surface area contributed by atoms with Crippen molar-refractivity contribution in [2.75, 3.05) is 12.0 Å². The molecular weight excluding hydrogens is 448 g/mol. The molecule has 0 spiro atoms. The maximum absolute atomic E-state index is 13.7. The summed E-state index contributed by atoms with van der Waals surface area (Å²) in [5.41, 5.74) is 3.92. The Morgan fingerprint density at radius 3 is 2.71 bits per heavy atom.